The third-order valence-corrected chi connectivity index (χ3v) is 4.32. The molecule has 0 amide bonds. The number of aryl methyl sites for hydroxylation is 1. The van der Waals surface area contributed by atoms with Crippen LogP contribution in [-0.4, -0.2) is 22.6 Å². The minimum Gasteiger partial charge on any atom is -0.454 e. The summed E-state index contributed by atoms with van der Waals surface area (Å²) in [6.45, 7) is 7.39. The minimum atomic E-state index is 0.487. The van der Waals surface area contributed by atoms with E-state index in [9.17, 15) is 0 Å². The summed E-state index contributed by atoms with van der Waals surface area (Å²) in [6.07, 6.45) is 7.92. The van der Waals surface area contributed by atoms with Gasteiger partial charge in [-0.05, 0) is 32.4 Å². The summed E-state index contributed by atoms with van der Waals surface area (Å²) in [5.74, 6) is 0. The summed E-state index contributed by atoms with van der Waals surface area (Å²) in [5, 5.41) is 2.20. The van der Waals surface area contributed by atoms with Gasteiger partial charge in [0.2, 0.25) is 0 Å². The van der Waals surface area contributed by atoms with E-state index < -0.39 is 0 Å². The Morgan fingerprint density at radius 2 is 2.00 bits per heavy atom. The molecule has 3 heterocycles. The lowest BCUT2D eigenvalue weighted by Gasteiger charge is -2.25. The summed E-state index contributed by atoms with van der Waals surface area (Å²) in [5.41, 5.74) is 4.20. The summed E-state index contributed by atoms with van der Waals surface area (Å²) >= 11 is 0. The van der Waals surface area contributed by atoms with Gasteiger partial charge in [-0.2, -0.15) is 0 Å². The van der Waals surface area contributed by atoms with Crippen molar-refractivity contribution in [2.24, 2.45) is 0 Å². The number of nitrogens with zero attached hydrogens (tertiary/aromatic N) is 3. The smallest absolute Gasteiger partial charge is 0.159 e. The van der Waals surface area contributed by atoms with Crippen molar-refractivity contribution in [2.75, 3.05) is 11.6 Å². The second kappa shape index (κ2) is 4.77. The van der Waals surface area contributed by atoms with Gasteiger partial charge in [-0.15, -0.1) is 0 Å². The van der Waals surface area contributed by atoms with Crippen LogP contribution in [0.1, 0.15) is 19.4 Å². The van der Waals surface area contributed by atoms with Crippen LogP contribution in [0.15, 0.2) is 47.4 Å². The molecule has 0 bridgehead atoms. The molecule has 1 aromatic carbocycles. The fraction of sp³-hybridized carbons (Fsp3) is 0.278. The molecule has 0 radical (unpaired) electrons. The van der Waals surface area contributed by atoms with Crippen molar-refractivity contribution >= 4 is 27.6 Å². The lowest BCUT2D eigenvalue weighted by Crippen LogP contribution is -2.30. The number of hydrogen-bond donors (Lipinski definition) is 0. The molecule has 22 heavy (non-hydrogen) atoms. The second-order valence-electron chi connectivity index (χ2n) is 6.10. The summed E-state index contributed by atoms with van der Waals surface area (Å²) < 4.78 is 6.14. The monoisotopic (exact) mass is 293 g/mol. The fourth-order valence-corrected chi connectivity index (χ4v) is 3.04. The van der Waals surface area contributed by atoms with Gasteiger partial charge in [0.05, 0.1) is 12.4 Å². The summed E-state index contributed by atoms with van der Waals surface area (Å²) in [6, 6.07) is 6.70. The Morgan fingerprint density at radius 1 is 1.14 bits per heavy atom. The maximum Gasteiger partial charge on any atom is 0.159 e. The molecule has 1 aliphatic heterocycles. The Morgan fingerprint density at radius 3 is 2.77 bits per heavy atom. The molecule has 112 valence electrons. The summed E-state index contributed by atoms with van der Waals surface area (Å²) in [7, 11) is 0. The highest BCUT2D eigenvalue weighted by molar-refractivity contribution is 6.09. The fourth-order valence-electron chi connectivity index (χ4n) is 3.04. The molecular formula is C18H19N3O. The van der Waals surface area contributed by atoms with Crippen molar-refractivity contribution in [1.29, 1.82) is 0 Å². The largest absolute Gasteiger partial charge is 0.454 e. The highest BCUT2D eigenvalue weighted by Crippen LogP contribution is 2.38. The zero-order chi connectivity index (χ0) is 15.3. The third-order valence-electron chi connectivity index (χ3n) is 4.32. The van der Waals surface area contributed by atoms with E-state index in [2.05, 4.69) is 60.1 Å². The number of aromatic nitrogens is 1. The average Bonchev–Trinajstić information content (AvgIpc) is 3.11. The van der Waals surface area contributed by atoms with Crippen molar-refractivity contribution in [3.8, 4) is 0 Å². The van der Waals surface area contributed by atoms with Gasteiger partial charge in [-0.1, -0.05) is 12.1 Å². The first-order chi connectivity index (χ1) is 10.6. The Bertz CT molecular complexity index is 879. The van der Waals surface area contributed by atoms with Crippen LogP contribution in [-0.2, 0) is 0 Å². The van der Waals surface area contributed by atoms with Gasteiger partial charge < -0.3 is 14.2 Å². The van der Waals surface area contributed by atoms with Gasteiger partial charge in [-0.25, -0.2) is 0 Å². The SMILES string of the molecule is Cc1ccc2c(oc3ccncc32)c1N1C=CN(C(C)C)C1. The molecule has 0 aliphatic carbocycles. The topological polar surface area (TPSA) is 32.5 Å². The van der Waals surface area contributed by atoms with Gasteiger partial charge in [-0.3, -0.25) is 4.98 Å². The molecule has 0 spiro atoms. The van der Waals surface area contributed by atoms with Crippen LogP contribution in [0.2, 0.25) is 0 Å². The molecule has 0 fully saturated rings. The quantitative estimate of drug-likeness (QED) is 0.707. The number of hydrogen-bond acceptors (Lipinski definition) is 4. The van der Waals surface area contributed by atoms with Crippen LogP contribution in [0, 0.1) is 6.92 Å². The maximum atomic E-state index is 6.14. The number of pyridine rings is 1. The van der Waals surface area contributed by atoms with Gasteiger partial charge >= 0.3 is 0 Å². The molecule has 4 heteroatoms. The van der Waals surface area contributed by atoms with E-state index in [1.807, 2.05) is 12.3 Å². The predicted octanol–water partition coefficient (Wildman–Crippen LogP) is 4.25. The first kappa shape index (κ1) is 13.2. The van der Waals surface area contributed by atoms with E-state index in [1.54, 1.807) is 6.20 Å². The molecule has 0 atom stereocenters. The van der Waals surface area contributed by atoms with Gasteiger partial charge in [0, 0.05) is 41.6 Å². The highest BCUT2D eigenvalue weighted by Gasteiger charge is 2.22. The van der Waals surface area contributed by atoms with E-state index in [0.29, 0.717) is 6.04 Å². The summed E-state index contributed by atoms with van der Waals surface area (Å²) in [4.78, 5) is 8.79. The van der Waals surface area contributed by atoms with Crippen LogP contribution in [0.25, 0.3) is 21.9 Å². The average molecular weight is 293 g/mol. The van der Waals surface area contributed by atoms with Crippen LogP contribution in [0.4, 0.5) is 5.69 Å². The van der Waals surface area contributed by atoms with Crippen LogP contribution in [0.5, 0.6) is 0 Å². The zero-order valence-corrected chi connectivity index (χ0v) is 13.1. The molecular weight excluding hydrogens is 274 g/mol. The van der Waals surface area contributed by atoms with Crippen molar-refractivity contribution in [1.82, 2.24) is 9.88 Å². The third kappa shape index (κ3) is 1.87. The Hall–Kier alpha value is -2.49. The van der Waals surface area contributed by atoms with E-state index in [4.69, 9.17) is 4.42 Å². The lowest BCUT2D eigenvalue weighted by atomic mass is 10.1. The first-order valence-electron chi connectivity index (χ1n) is 7.61. The van der Waals surface area contributed by atoms with Gasteiger partial charge in [0.25, 0.3) is 0 Å². The van der Waals surface area contributed by atoms with E-state index >= 15 is 0 Å². The van der Waals surface area contributed by atoms with Crippen LogP contribution < -0.4 is 4.90 Å². The molecule has 4 nitrogen and oxygen atoms in total. The van der Waals surface area contributed by atoms with E-state index in [-0.39, 0.29) is 0 Å². The van der Waals surface area contributed by atoms with E-state index in [0.717, 1.165) is 34.3 Å². The maximum absolute atomic E-state index is 6.14. The molecule has 0 unspecified atom stereocenters. The number of rotatable bonds is 2. The lowest BCUT2D eigenvalue weighted by molar-refractivity contribution is 0.336. The molecule has 0 saturated heterocycles. The zero-order valence-electron chi connectivity index (χ0n) is 13.1. The molecule has 0 N–H and O–H groups in total. The van der Waals surface area contributed by atoms with E-state index in [1.165, 1.54) is 5.56 Å². The predicted molar refractivity (Wildman–Crippen MR) is 89.7 cm³/mol. The van der Waals surface area contributed by atoms with Crippen molar-refractivity contribution < 1.29 is 4.42 Å². The molecule has 0 saturated carbocycles. The van der Waals surface area contributed by atoms with Gasteiger partial charge in [0.1, 0.15) is 5.58 Å². The van der Waals surface area contributed by atoms with Gasteiger partial charge in [0.15, 0.2) is 5.58 Å². The molecule has 2 aromatic heterocycles. The van der Waals surface area contributed by atoms with Crippen molar-refractivity contribution in [2.45, 2.75) is 26.8 Å². The standard InChI is InChI=1S/C18H19N3O/c1-12(2)20-8-9-21(11-20)17-13(3)4-5-14-15-10-19-7-6-16(15)22-18(14)17/h4-10,12H,11H2,1-3H3. The van der Waals surface area contributed by atoms with Crippen molar-refractivity contribution in [3.63, 3.8) is 0 Å². The Balaban J connectivity index is 1.90. The Labute approximate surface area is 129 Å². The normalized spacial score (nSPS) is 14.9. The highest BCUT2D eigenvalue weighted by atomic mass is 16.3. The molecule has 4 rings (SSSR count). The first-order valence-corrected chi connectivity index (χ1v) is 7.61. The Kier molecular flexibility index (Phi) is 2.86. The number of anilines is 1. The second-order valence-corrected chi connectivity index (χ2v) is 6.10. The molecule has 1 aliphatic rings. The molecule has 3 aromatic rings. The number of fused-ring (bicyclic) bond motifs is 3. The minimum absolute atomic E-state index is 0.487. The van der Waals surface area contributed by atoms with Crippen molar-refractivity contribution in [3.05, 3.63) is 48.6 Å². The number of benzene rings is 1. The van der Waals surface area contributed by atoms with Crippen LogP contribution >= 0.6 is 0 Å². The van der Waals surface area contributed by atoms with Crippen LogP contribution in [0.3, 0.4) is 0 Å². The number of furan rings is 1.